The Morgan fingerprint density at radius 2 is 1.72 bits per heavy atom. The zero-order chi connectivity index (χ0) is 18.4. The molecule has 0 spiro atoms. The quantitative estimate of drug-likeness (QED) is 0.573. The first kappa shape index (κ1) is 19.0. The maximum Gasteiger partial charge on any atom is 0.273 e. The molecule has 0 heterocycles. The van der Waals surface area contributed by atoms with Crippen molar-refractivity contribution in [2.45, 2.75) is 18.3 Å². The molecular weight excluding hydrogens is 344 g/mol. The maximum absolute atomic E-state index is 12.4. The molecule has 1 N–H and O–H groups in total. The maximum atomic E-state index is 12.4. The van der Waals surface area contributed by atoms with Crippen molar-refractivity contribution in [2.75, 3.05) is 13.6 Å². The number of aliphatic hydroxyl groups excluding tert-OH is 1. The average Bonchev–Trinajstić information content (AvgIpc) is 2.60. The van der Waals surface area contributed by atoms with Crippen molar-refractivity contribution >= 4 is 15.7 Å². The van der Waals surface area contributed by atoms with Crippen molar-refractivity contribution in [1.82, 2.24) is 4.31 Å². The minimum atomic E-state index is -3.73. The monoisotopic (exact) mass is 364 g/mol. The topological polar surface area (TPSA) is 101 Å². The Labute approximate surface area is 146 Å². The molecule has 0 radical (unpaired) electrons. The van der Waals surface area contributed by atoms with E-state index in [1.165, 1.54) is 25.2 Å². The molecule has 8 heteroatoms. The summed E-state index contributed by atoms with van der Waals surface area (Å²) in [6.07, 6.45) is -0.540. The Balaban J connectivity index is 2.03. The van der Waals surface area contributed by atoms with Gasteiger partial charge in [-0.3, -0.25) is 10.1 Å². The molecule has 134 valence electrons. The van der Waals surface area contributed by atoms with Crippen molar-refractivity contribution < 1.29 is 18.4 Å². The van der Waals surface area contributed by atoms with E-state index >= 15 is 0 Å². The molecule has 7 nitrogen and oxygen atoms in total. The normalized spacial score (nSPS) is 12.9. The lowest BCUT2D eigenvalue weighted by Crippen LogP contribution is -2.30. The first-order chi connectivity index (χ1) is 11.8. The fraction of sp³-hybridized carbons (Fsp3) is 0.294. The second-order valence-corrected chi connectivity index (χ2v) is 7.75. The summed E-state index contributed by atoms with van der Waals surface area (Å²) < 4.78 is 26.0. The Kier molecular flexibility index (Phi) is 6.24. The van der Waals surface area contributed by atoms with Crippen LogP contribution >= 0.6 is 0 Å². The van der Waals surface area contributed by atoms with E-state index in [1.807, 2.05) is 6.07 Å². The van der Waals surface area contributed by atoms with Crippen LogP contribution in [0.3, 0.4) is 0 Å². The fourth-order valence-electron chi connectivity index (χ4n) is 2.40. The largest absolute Gasteiger partial charge is 0.388 e. The van der Waals surface area contributed by atoms with Crippen LogP contribution in [0.2, 0.25) is 0 Å². The van der Waals surface area contributed by atoms with Gasteiger partial charge in [-0.2, -0.15) is 0 Å². The molecule has 0 saturated carbocycles. The highest BCUT2D eigenvalue weighted by Gasteiger charge is 2.24. The lowest BCUT2D eigenvalue weighted by molar-refractivity contribution is -0.385. The number of benzene rings is 2. The van der Waals surface area contributed by atoms with Crippen LogP contribution in [0.5, 0.6) is 0 Å². The van der Waals surface area contributed by atoms with Crippen LogP contribution < -0.4 is 0 Å². The van der Waals surface area contributed by atoms with Crippen molar-refractivity contribution in [2.24, 2.45) is 0 Å². The number of hydrogen-bond acceptors (Lipinski definition) is 5. The number of aliphatic hydroxyl groups is 1. The zero-order valence-electron chi connectivity index (χ0n) is 13.8. The molecule has 0 amide bonds. The first-order valence-corrected chi connectivity index (χ1v) is 9.31. The summed E-state index contributed by atoms with van der Waals surface area (Å²) >= 11 is 0. The van der Waals surface area contributed by atoms with Gasteiger partial charge >= 0.3 is 0 Å². The van der Waals surface area contributed by atoms with Gasteiger partial charge < -0.3 is 5.11 Å². The number of hydrogen-bond donors (Lipinski definition) is 1. The van der Waals surface area contributed by atoms with Gasteiger partial charge in [0.15, 0.2) is 0 Å². The molecule has 0 bridgehead atoms. The zero-order valence-corrected chi connectivity index (χ0v) is 14.6. The van der Waals surface area contributed by atoms with E-state index in [4.69, 9.17) is 0 Å². The van der Waals surface area contributed by atoms with Crippen LogP contribution in [0.1, 0.15) is 23.7 Å². The van der Waals surface area contributed by atoms with E-state index in [-0.39, 0.29) is 24.2 Å². The van der Waals surface area contributed by atoms with E-state index < -0.39 is 26.8 Å². The van der Waals surface area contributed by atoms with E-state index in [1.54, 1.807) is 30.3 Å². The summed E-state index contributed by atoms with van der Waals surface area (Å²) in [5.74, 6) is -0.456. The van der Waals surface area contributed by atoms with Gasteiger partial charge in [-0.25, -0.2) is 12.7 Å². The Morgan fingerprint density at radius 3 is 2.36 bits per heavy atom. The molecule has 0 fully saturated rings. The van der Waals surface area contributed by atoms with Crippen LogP contribution in [0.25, 0.3) is 0 Å². The molecule has 0 saturated heterocycles. The summed E-state index contributed by atoms with van der Waals surface area (Å²) in [6.45, 7) is 0.110. The van der Waals surface area contributed by atoms with Gasteiger partial charge in [0.25, 0.3) is 5.69 Å². The summed E-state index contributed by atoms with van der Waals surface area (Å²) in [7, 11) is -2.32. The molecule has 0 aromatic heterocycles. The summed E-state index contributed by atoms with van der Waals surface area (Å²) in [5, 5.41) is 21.1. The molecule has 0 aliphatic heterocycles. The third-order valence-electron chi connectivity index (χ3n) is 3.90. The van der Waals surface area contributed by atoms with Gasteiger partial charge in [0.1, 0.15) is 0 Å². The third kappa shape index (κ3) is 5.09. The van der Waals surface area contributed by atoms with Gasteiger partial charge in [-0.15, -0.1) is 0 Å². The van der Waals surface area contributed by atoms with Gasteiger partial charge in [0.2, 0.25) is 10.0 Å². The lowest BCUT2D eigenvalue weighted by Gasteiger charge is -2.19. The first-order valence-electron chi connectivity index (χ1n) is 7.70. The van der Waals surface area contributed by atoms with E-state index in [0.29, 0.717) is 5.56 Å². The van der Waals surface area contributed by atoms with E-state index in [9.17, 15) is 23.6 Å². The van der Waals surface area contributed by atoms with Gasteiger partial charge in [0.05, 0.1) is 16.8 Å². The van der Waals surface area contributed by atoms with Gasteiger partial charge in [0, 0.05) is 25.2 Å². The number of nitro benzene ring substituents is 1. The lowest BCUT2D eigenvalue weighted by atomic mass is 10.1. The highest BCUT2D eigenvalue weighted by molar-refractivity contribution is 7.88. The number of nitro groups is 1. The Bertz CT molecular complexity index is 824. The summed E-state index contributed by atoms with van der Waals surface area (Å²) in [5.41, 5.74) is 0.638. The fourth-order valence-corrected chi connectivity index (χ4v) is 3.64. The van der Waals surface area contributed by atoms with Crippen molar-refractivity contribution in [3.8, 4) is 0 Å². The molecular formula is C17H20N2O5S. The number of sulfonamides is 1. The number of nitrogens with zero attached hydrogens (tertiary/aromatic N) is 2. The van der Waals surface area contributed by atoms with E-state index in [0.717, 1.165) is 4.31 Å². The molecule has 2 aromatic rings. The van der Waals surface area contributed by atoms with Crippen LogP contribution in [-0.2, 0) is 15.8 Å². The van der Waals surface area contributed by atoms with Gasteiger partial charge in [-0.1, -0.05) is 48.5 Å². The molecule has 0 aliphatic carbocycles. The molecule has 2 aromatic carbocycles. The predicted octanol–water partition coefficient (Wildman–Crippen LogP) is 2.48. The smallest absolute Gasteiger partial charge is 0.273 e. The Morgan fingerprint density at radius 1 is 1.12 bits per heavy atom. The van der Waals surface area contributed by atoms with Crippen LogP contribution in [0.15, 0.2) is 54.6 Å². The SMILES string of the molecule is CN(CCC(O)c1ccccc1)S(=O)(=O)Cc1ccccc1[N+](=O)[O-]. The average molecular weight is 364 g/mol. The second kappa shape index (κ2) is 8.19. The van der Waals surface area contributed by atoms with Crippen LogP contribution in [0.4, 0.5) is 5.69 Å². The minimum Gasteiger partial charge on any atom is -0.388 e. The number of para-hydroxylation sites is 1. The van der Waals surface area contributed by atoms with Crippen molar-refractivity contribution in [1.29, 1.82) is 0 Å². The highest BCUT2D eigenvalue weighted by atomic mass is 32.2. The molecule has 1 atom stereocenters. The second-order valence-electron chi connectivity index (χ2n) is 5.68. The highest BCUT2D eigenvalue weighted by Crippen LogP contribution is 2.22. The minimum absolute atomic E-state index is 0.110. The van der Waals surface area contributed by atoms with Gasteiger partial charge in [-0.05, 0) is 12.0 Å². The predicted molar refractivity (Wildman–Crippen MR) is 94.4 cm³/mol. The molecule has 25 heavy (non-hydrogen) atoms. The third-order valence-corrected chi connectivity index (χ3v) is 5.71. The number of rotatable bonds is 8. The molecule has 0 aliphatic rings. The molecule has 1 unspecified atom stereocenters. The molecule has 2 rings (SSSR count). The van der Waals surface area contributed by atoms with Crippen LogP contribution in [-0.4, -0.2) is 36.3 Å². The van der Waals surface area contributed by atoms with Crippen molar-refractivity contribution in [3.05, 3.63) is 75.8 Å². The Hall–Kier alpha value is -2.29. The van der Waals surface area contributed by atoms with Crippen molar-refractivity contribution in [3.63, 3.8) is 0 Å². The van der Waals surface area contributed by atoms with Crippen LogP contribution in [0, 0.1) is 10.1 Å². The summed E-state index contributed by atoms with van der Waals surface area (Å²) in [6, 6.07) is 14.7. The summed E-state index contributed by atoms with van der Waals surface area (Å²) in [4.78, 5) is 10.4. The standard InChI is InChI=1S/C17H20N2O5S/c1-18(12-11-17(20)14-7-3-2-4-8-14)25(23,24)13-15-9-5-6-10-16(15)19(21)22/h2-10,17,20H,11-13H2,1H3. The van der Waals surface area contributed by atoms with E-state index in [2.05, 4.69) is 0 Å².